The molecule has 4 heteroatoms. The van der Waals surface area contributed by atoms with E-state index in [1.54, 1.807) is 4.90 Å². The number of alkyl halides is 2. The molecular formula is C9H17F2NO. The summed E-state index contributed by atoms with van der Waals surface area (Å²) in [5.74, 6) is 0. The molecule has 0 radical (unpaired) electrons. The van der Waals surface area contributed by atoms with Crippen LogP contribution in [0.1, 0.15) is 20.8 Å². The predicted octanol–water partition coefficient (Wildman–Crippen LogP) is 1.75. The maximum atomic E-state index is 13.6. The van der Waals surface area contributed by atoms with Crippen LogP contribution in [0.25, 0.3) is 0 Å². The van der Waals surface area contributed by atoms with Gasteiger partial charge in [0.2, 0.25) is 6.36 Å². The highest BCUT2D eigenvalue weighted by Crippen LogP contribution is 2.20. The van der Waals surface area contributed by atoms with Gasteiger partial charge >= 0.3 is 0 Å². The van der Waals surface area contributed by atoms with Gasteiger partial charge < -0.3 is 4.74 Å². The monoisotopic (exact) mass is 193 g/mol. The standard InChI is InChI=1S/C9H17F2NO/c1-7(2)12-4-8(10)13-6-9(3,11)5-12/h7-8H,4-6H2,1-3H3/t8?,9-/m1/s1. The highest BCUT2D eigenvalue weighted by atomic mass is 19.2. The fourth-order valence-electron chi connectivity index (χ4n) is 1.43. The predicted molar refractivity (Wildman–Crippen MR) is 47.1 cm³/mol. The molecular weight excluding hydrogens is 176 g/mol. The summed E-state index contributed by atoms with van der Waals surface area (Å²) in [5, 5.41) is 0. The van der Waals surface area contributed by atoms with Crippen LogP contribution in [0, 0.1) is 0 Å². The number of rotatable bonds is 1. The van der Waals surface area contributed by atoms with Gasteiger partial charge in [-0.25, -0.2) is 8.78 Å². The van der Waals surface area contributed by atoms with Gasteiger partial charge in [-0.3, -0.25) is 4.90 Å². The van der Waals surface area contributed by atoms with Crippen molar-refractivity contribution in [1.82, 2.24) is 4.90 Å². The first kappa shape index (κ1) is 10.9. The third-order valence-electron chi connectivity index (χ3n) is 2.21. The Hall–Kier alpha value is -0.220. The molecule has 0 aromatic heterocycles. The molecule has 0 N–H and O–H groups in total. The topological polar surface area (TPSA) is 12.5 Å². The van der Waals surface area contributed by atoms with E-state index in [4.69, 9.17) is 4.74 Å². The van der Waals surface area contributed by atoms with E-state index in [-0.39, 0.29) is 25.7 Å². The van der Waals surface area contributed by atoms with E-state index in [9.17, 15) is 8.78 Å². The minimum Gasteiger partial charge on any atom is -0.344 e. The Balaban J connectivity index is 2.63. The van der Waals surface area contributed by atoms with E-state index in [0.717, 1.165) is 0 Å². The zero-order valence-corrected chi connectivity index (χ0v) is 8.39. The van der Waals surface area contributed by atoms with E-state index in [0.29, 0.717) is 0 Å². The summed E-state index contributed by atoms with van der Waals surface area (Å²) in [7, 11) is 0. The zero-order valence-electron chi connectivity index (χ0n) is 8.39. The van der Waals surface area contributed by atoms with Crippen LogP contribution in [0.2, 0.25) is 0 Å². The van der Waals surface area contributed by atoms with Crippen molar-refractivity contribution in [1.29, 1.82) is 0 Å². The van der Waals surface area contributed by atoms with Gasteiger partial charge in [0.1, 0.15) is 5.67 Å². The lowest BCUT2D eigenvalue weighted by atomic mass is 10.1. The van der Waals surface area contributed by atoms with Gasteiger partial charge in [-0.2, -0.15) is 0 Å². The number of hydrogen-bond acceptors (Lipinski definition) is 2. The van der Waals surface area contributed by atoms with Crippen LogP contribution in [0.3, 0.4) is 0 Å². The number of hydrogen-bond donors (Lipinski definition) is 0. The first-order valence-electron chi connectivity index (χ1n) is 4.59. The number of nitrogens with zero attached hydrogens (tertiary/aromatic N) is 1. The lowest BCUT2D eigenvalue weighted by Gasteiger charge is -2.28. The summed E-state index contributed by atoms with van der Waals surface area (Å²) in [6.45, 7) is 5.54. The van der Waals surface area contributed by atoms with Crippen LogP contribution in [0.4, 0.5) is 8.78 Å². The smallest absolute Gasteiger partial charge is 0.211 e. The van der Waals surface area contributed by atoms with Crippen molar-refractivity contribution < 1.29 is 13.5 Å². The van der Waals surface area contributed by atoms with Crippen LogP contribution in [0.15, 0.2) is 0 Å². The molecule has 1 aliphatic rings. The Bertz CT molecular complexity index is 173. The summed E-state index contributed by atoms with van der Waals surface area (Å²) in [6, 6.07) is 0.148. The molecule has 1 fully saturated rings. The van der Waals surface area contributed by atoms with Crippen LogP contribution < -0.4 is 0 Å². The molecule has 78 valence electrons. The minimum atomic E-state index is -1.44. The molecule has 0 amide bonds. The average molecular weight is 193 g/mol. The minimum absolute atomic E-state index is 0.148. The van der Waals surface area contributed by atoms with Crippen molar-refractivity contribution >= 4 is 0 Å². The lowest BCUT2D eigenvalue weighted by molar-refractivity contribution is -0.0621. The maximum absolute atomic E-state index is 13.6. The average Bonchev–Trinajstić information content (AvgIpc) is 2.11. The quantitative estimate of drug-likeness (QED) is 0.629. The fourth-order valence-corrected chi connectivity index (χ4v) is 1.43. The highest BCUT2D eigenvalue weighted by Gasteiger charge is 2.34. The van der Waals surface area contributed by atoms with E-state index < -0.39 is 12.0 Å². The maximum Gasteiger partial charge on any atom is 0.211 e. The molecule has 2 nitrogen and oxygen atoms in total. The largest absolute Gasteiger partial charge is 0.344 e. The lowest BCUT2D eigenvalue weighted by Crippen LogP contribution is -2.42. The van der Waals surface area contributed by atoms with Crippen LogP contribution >= 0.6 is 0 Å². The first-order chi connectivity index (χ1) is 5.91. The zero-order chi connectivity index (χ0) is 10.1. The summed E-state index contributed by atoms with van der Waals surface area (Å²) < 4.78 is 31.3. The van der Waals surface area contributed by atoms with Gasteiger partial charge in [-0.05, 0) is 20.8 Å². The van der Waals surface area contributed by atoms with Crippen LogP contribution in [-0.4, -0.2) is 42.7 Å². The molecule has 0 aromatic rings. The van der Waals surface area contributed by atoms with Gasteiger partial charge in [0.15, 0.2) is 0 Å². The third-order valence-corrected chi connectivity index (χ3v) is 2.21. The van der Waals surface area contributed by atoms with E-state index in [1.165, 1.54) is 6.92 Å². The van der Waals surface area contributed by atoms with Crippen LogP contribution in [-0.2, 0) is 4.74 Å². The molecule has 0 aliphatic carbocycles. The molecule has 0 aromatic carbocycles. The molecule has 0 saturated carbocycles. The van der Waals surface area contributed by atoms with E-state index in [2.05, 4.69) is 0 Å². The van der Waals surface area contributed by atoms with Crippen molar-refractivity contribution in [2.75, 3.05) is 19.7 Å². The molecule has 0 spiro atoms. The van der Waals surface area contributed by atoms with Crippen molar-refractivity contribution in [3.05, 3.63) is 0 Å². The third kappa shape index (κ3) is 3.19. The van der Waals surface area contributed by atoms with Crippen molar-refractivity contribution in [2.45, 2.75) is 38.8 Å². The summed E-state index contributed by atoms with van der Waals surface area (Å²) >= 11 is 0. The molecule has 1 rings (SSSR count). The Morgan fingerprint density at radius 2 is 2.15 bits per heavy atom. The molecule has 2 atom stereocenters. The SMILES string of the molecule is CC(C)N1CC(F)OC[C@](C)(F)C1. The second-order valence-corrected chi connectivity index (χ2v) is 4.16. The Kier molecular flexibility index (Phi) is 3.24. The van der Waals surface area contributed by atoms with Gasteiger partial charge in [0.25, 0.3) is 0 Å². The molecule has 0 bridgehead atoms. The van der Waals surface area contributed by atoms with Gasteiger partial charge in [0.05, 0.1) is 13.2 Å². The van der Waals surface area contributed by atoms with E-state index in [1.807, 2.05) is 13.8 Å². The summed E-state index contributed by atoms with van der Waals surface area (Å²) in [4.78, 5) is 1.76. The van der Waals surface area contributed by atoms with Crippen molar-refractivity contribution in [3.8, 4) is 0 Å². The normalized spacial score (nSPS) is 37.8. The highest BCUT2D eigenvalue weighted by molar-refractivity contribution is 4.82. The first-order valence-corrected chi connectivity index (χ1v) is 4.59. The van der Waals surface area contributed by atoms with Gasteiger partial charge in [0, 0.05) is 12.6 Å². The second-order valence-electron chi connectivity index (χ2n) is 4.16. The van der Waals surface area contributed by atoms with Crippen molar-refractivity contribution in [3.63, 3.8) is 0 Å². The molecule has 13 heavy (non-hydrogen) atoms. The molecule has 1 heterocycles. The van der Waals surface area contributed by atoms with Crippen molar-refractivity contribution in [2.24, 2.45) is 0 Å². The molecule has 1 aliphatic heterocycles. The molecule has 1 unspecified atom stereocenters. The number of halogens is 2. The summed E-state index contributed by atoms with van der Waals surface area (Å²) in [5.41, 5.74) is -1.44. The Labute approximate surface area is 77.9 Å². The second kappa shape index (κ2) is 3.88. The fraction of sp³-hybridized carbons (Fsp3) is 1.00. The van der Waals surface area contributed by atoms with Gasteiger partial charge in [-0.15, -0.1) is 0 Å². The van der Waals surface area contributed by atoms with E-state index >= 15 is 0 Å². The molecule has 1 saturated heterocycles. The Morgan fingerprint density at radius 3 is 2.69 bits per heavy atom. The Morgan fingerprint density at radius 1 is 1.54 bits per heavy atom. The van der Waals surface area contributed by atoms with Crippen LogP contribution in [0.5, 0.6) is 0 Å². The number of ether oxygens (including phenoxy) is 1. The van der Waals surface area contributed by atoms with Gasteiger partial charge in [-0.1, -0.05) is 0 Å². The summed E-state index contributed by atoms with van der Waals surface area (Å²) in [6.07, 6.45) is -1.36.